The molecule has 1 atom stereocenters. The maximum absolute atomic E-state index is 12.1. The third kappa shape index (κ3) is 3.06. The molecule has 1 aromatic heterocycles. The van der Waals surface area contributed by atoms with Gasteiger partial charge in [-0.15, -0.1) is 0 Å². The molecular weight excluding hydrogens is 340 g/mol. The van der Waals surface area contributed by atoms with Crippen molar-refractivity contribution < 1.29 is 14.4 Å². The summed E-state index contributed by atoms with van der Waals surface area (Å²) in [6, 6.07) is 4.75. The number of benzene rings is 1. The van der Waals surface area contributed by atoms with Gasteiger partial charge in [-0.3, -0.25) is 4.79 Å². The first-order valence-corrected chi connectivity index (χ1v) is 7.29. The van der Waals surface area contributed by atoms with Gasteiger partial charge >= 0.3 is 0 Å². The molecule has 1 aliphatic heterocycles. The largest absolute Gasteiger partial charge is 0.506 e. The van der Waals surface area contributed by atoms with Crippen LogP contribution in [0.15, 0.2) is 27.2 Å². The number of hydrogen-bond donors (Lipinski definition) is 3. The van der Waals surface area contributed by atoms with E-state index in [0.29, 0.717) is 5.89 Å². The van der Waals surface area contributed by atoms with E-state index in [-0.39, 0.29) is 23.3 Å². The average molecular weight is 353 g/mol. The molecule has 1 amide bonds. The number of anilines is 1. The smallest absolute Gasteiger partial charge is 0.297 e. The Morgan fingerprint density at radius 1 is 1.52 bits per heavy atom. The van der Waals surface area contributed by atoms with Gasteiger partial charge in [0.2, 0.25) is 5.89 Å². The molecule has 3 N–H and O–H groups in total. The Bertz CT molecular complexity index is 667. The number of phenolic OH excluding ortho intramolecular Hbond substituents is 1. The molecule has 1 unspecified atom stereocenters. The molecular formula is C13H13BrN4O3. The quantitative estimate of drug-likeness (QED) is 0.732. The minimum atomic E-state index is -0.531. The lowest BCUT2D eigenvalue weighted by molar-refractivity contribution is 0.101. The lowest BCUT2D eigenvalue weighted by atomic mass is 10.2. The molecule has 0 bridgehead atoms. The maximum Gasteiger partial charge on any atom is 0.297 e. The summed E-state index contributed by atoms with van der Waals surface area (Å²) in [7, 11) is 0. The number of nitrogens with zero attached hydrogens (tertiary/aromatic N) is 2. The summed E-state index contributed by atoms with van der Waals surface area (Å²) in [6.45, 7) is 0.903. The van der Waals surface area contributed by atoms with Crippen LogP contribution in [0.4, 0.5) is 5.69 Å². The molecule has 1 saturated heterocycles. The molecule has 1 aliphatic rings. The summed E-state index contributed by atoms with van der Waals surface area (Å²) in [4.78, 5) is 16.2. The summed E-state index contributed by atoms with van der Waals surface area (Å²) in [5, 5.41) is 19.1. The summed E-state index contributed by atoms with van der Waals surface area (Å²) in [5.41, 5.74) is 0.278. The van der Waals surface area contributed by atoms with Gasteiger partial charge in [-0.2, -0.15) is 4.98 Å². The number of rotatable bonds is 3. The first-order valence-electron chi connectivity index (χ1n) is 6.50. The van der Waals surface area contributed by atoms with Crippen molar-refractivity contribution in [3.05, 3.63) is 34.4 Å². The van der Waals surface area contributed by atoms with Crippen LogP contribution >= 0.6 is 15.9 Å². The normalized spacial score (nSPS) is 17.9. The van der Waals surface area contributed by atoms with Crippen LogP contribution in [-0.2, 0) is 0 Å². The molecule has 21 heavy (non-hydrogen) atoms. The summed E-state index contributed by atoms with van der Waals surface area (Å²) >= 11 is 3.27. The van der Waals surface area contributed by atoms with Crippen LogP contribution in [0.25, 0.3) is 0 Å². The molecule has 0 saturated carbocycles. The van der Waals surface area contributed by atoms with Crippen LogP contribution in [0, 0.1) is 0 Å². The summed E-state index contributed by atoms with van der Waals surface area (Å²) in [5.74, 6) is -0.210. The second-order valence-electron chi connectivity index (χ2n) is 4.72. The third-order valence-corrected chi connectivity index (χ3v) is 3.70. The van der Waals surface area contributed by atoms with Gasteiger partial charge < -0.3 is 20.3 Å². The Morgan fingerprint density at radius 3 is 3.14 bits per heavy atom. The van der Waals surface area contributed by atoms with Crippen molar-refractivity contribution in [2.45, 2.75) is 18.9 Å². The fourth-order valence-electron chi connectivity index (χ4n) is 2.15. The molecule has 1 aromatic carbocycles. The van der Waals surface area contributed by atoms with E-state index in [1.54, 1.807) is 12.1 Å². The van der Waals surface area contributed by atoms with E-state index in [1.807, 2.05) is 0 Å². The van der Waals surface area contributed by atoms with Gasteiger partial charge in [0.05, 0.1) is 11.7 Å². The molecule has 0 aliphatic carbocycles. The minimum absolute atomic E-state index is 0.0123. The second-order valence-corrected chi connectivity index (χ2v) is 5.64. The molecule has 110 valence electrons. The van der Waals surface area contributed by atoms with Crippen LogP contribution < -0.4 is 10.6 Å². The lowest BCUT2D eigenvalue weighted by Gasteiger charge is -2.05. The maximum atomic E-state index is 12.1. The first-order chi connectivity index (χ1) is 10.1. The van der Waals surface area contributed by atoms with Crippen LogP contribution in [0.2, 0.25) is 0 Å². The van der Waals surface area contributed by atoms with Gasteiger partial charge in [-0.1, -0.05) is 21.1 Å². The van der Waals surface area contributed by atoms with Gasteiger partial charge in [-0.25, -0.2) is 0 Å². The Balaban J connectivity index is 1.74. The van der Waals surface area contributed by atoms with E-state index in [2.05, 4.69) is 36.7 Å². The third-order valence-electron chi connectivity index (χ3n) is 3.21. The van der Waals surface area contributed by atoms with E-state index in [0.717, 1.165) is 23.9 Å². The summed E-state index contributed by atoms with van der Waals surface area (Å²) < 4.78 is 5.84. The topological polar surface area (TPSA) is 100 Å². The molecule has 2 heterocycles. The average Bonchev–Trinajstić information content (AvgIpc) is 3.12. The lowest BCUT2D eigenvalue weighted by Crippen LogP contribution is -2.15. The summed E-state index contributed by atoms with van der Waals surface area (Å²) in [6.07, 6.45) is 1.95. The van der Waals surface area contributed by atoms with Crippen molar-refractivity contribution in [3.8, 4) is 5.75 Å². The number of aromatic hydroxyl groups is 1. The predicted molar refractivity (Wildman–Crippen MR) is 78.0 cm³/mol. The van der Waals surface area contributed by atoms with Gasteiger partial charge in [0.25, 0.3) is 11.7 Å². The van der Waals surface area contributed by atoms with Crippen LogP contribution in [0.3, 0.4) is 0 Å². The van der Waals surface area contributed by atoms with Crippen molar-refractivity contribution in [2.75, 3.05) is 11.9 Å². The standard InChI is InChI=1S/C13H13BrN4O3/c14-7-3-4-10(19)9(6-7)16-12(20)11-17-13(21-18-11)8-2-1-5-15-8/h3-4,6,8,15,19H,1-2,5H2,(H,16,20). The van der Waals surface area contributed by atoms with E-state index in [9.17, 15) is 9.90 Å². The second kappa shape index (κ2) is 5.82. The number of amides is 1. The number of carbonyl (C=O) groups is 1. The Morgan fingerprint density at radius 2 is 2.38 bits per heavy atom. The van der Waals surface area contributed by atoms with Gasteiger partial charge in [-0.05, 0) is 37.6 Å². The first kappa shape index (κ1) is 14.0. The highest BCUT2D eigenvalue weighted by atomic mass is 79.9. The Kier molecular flexibility index (Phi) is 3.89. The number of hydrogen-bond acceptors (Lipinski definition) is 6. The highest BCUT2D eigenvalue weighted by Crippen LogP contribution is 2.27. The molecule has 0 radical (unpaired) electrons. The molecule has 1 fully saturated rings. The zero-order chi connectivity index (χ0) is 14.8. The van der Waals surface area contributed by atoms with Gasteiger partial charge in [0.15, 0.2) is 0 Å². The van der Waals surface area contributed by atoms with Crippen LogP contribution in [-0.4, -0.2) is 27.7 Å². The number of aromatic nitrogens is 2. The number of carbonyl (C=O) groups excluding carboxylic acids is 1. The molecule has 0 spiro atoms. The zero-order valence-electron chi connectivity index (χ0n) is 11.0. The van der Waals surface area contributed by atoms with E-state index in [4.69, 9.17) is 4.52 Å². The fourth-order valence-corrected chi connectivity index (χ4v) is 2.51. The SMILES string of the molecule is O=C(Nc1cc(Br)ccc1O)c1noc(C2CCCN2)n1. The van der Waals surface area contributed by atoms with Gasteiger partial charge in [0.1, 0.15) is 5.75 Å². The molecule has 7 nitrogen and oxygen atoms in total. The fraction of sp³-hybridized carbons (Fsp3) is 0.308. The predicted octanol–water partition coefficient (Wildman–Crippen LogP) is 2.21. The highest BCUT2D eigenvalue weighted by Gasteiger charge is 2.24. The van der Waals surface area contributed by atoms with E-state index >= 15 is 0 Å². The van der Waals surface area contributed by atoms with Crippen LogP contribution in [0.1, 0.15) is 35.4 Å². The van der Waals surface area contributed by atoms with Crippen molar-refractivity contribution in [1.82, 2.24) is 15.5 Å². The molecule has 8 heteroatoms. The van der Waals surface area contributed by atoms with Crippen LogP contribution in [0.5, 0.6) is 5.75 Å². The van der Waals surface area contributed by atoms with E-state index < -0.39 is 5.91 Å². The van der Waals surface area contributed by atoms with Crippen molar-refractivity contribution in [3.63, 3.8) is 0 Å². The Labute approximate surface area is 128 Å². The molecule has 2 aromatic rings. The number of nitrogens with one attached hydrogen (secondary N) is 2. The number of phenols is 1. The Hall–Kier alpha value is -1.93. The molecule has 3 rings (SSSR count). The van der Waals surface area contributed by atoms with Crippen molar-refractivity contribution in [1.29, 1.82) is 0 Å². The monoisotopic (exact) mass is 352 g/mol. The van der Waals surface area contributed by atoms with E-state index in [1.165, 1.54) is 6.07 Å². The van der Waals surface area contributed by atoms with Gasteiger partial charge in [0, 0.05) is 4.47 Å². The van der Waals surface area contributed by atoms with Crippen molar-refractivity contribution >= 4 is 27.5 Å². The number of halogens is 1. The highest BCUT2D eigenvalue weighted by molar-refractivity contribution is 9.10. The zero-order valence-corrected chi connectivity index (χ0v) is 12.6. The van der Waals surface area contributed by atoms with Crippen molar-refractivity contribution in [2.24, 2.45) is 0 Å². The minimum Gasteiger partial charge on any atom is -0.506 e.